The average molecular weight is 311 g/mol. The molecule has 2 atom stereocenters. The summed E-state index contributed by atoms with van der Waals surface area (Å²) in [5.74, 6) is 1.11. The highest BCUT2D eigenvalue weighted by Crippen LogP contribution is 2.30. The molecule has 6 heteroatoms. The van der Waals surface area contributed by atoms with Crippen molar-refractivity contribution in [2.24, 2.45) is 0 Å². The lowest BCUT2D eigenvalue weighted by atomic mass is 10.1. The molecule has 1 aromatic carbocycles. The van der Waals surface area contributed by atoms with E-state index in [1.165, 1.54) is 11.8 Å². The van der Waals surface area contributed by atoms with Crippen LogP contribution in [0.25, 0.3) is 0 Å². The van der Waals surface area contributed by atoms with E-state index >= 15 is 0 Å². The Labute approximate surface area is 129 Å². The van der Waals surface area contributed by atoms with Crippen LogP contribution in [0.5, 0.6) is 11.5 Å². The number of amides is 1. The molecular formula is C15H21NO4S. The fraction of sp³-hybridized carbons (Fsp3) is 0.533. The number of hydrogen-bond acceptors (Lipinski definition) is 5. The van der Waals surface area contributed by atoms with Crippen molar-refractivity contribution in [3.8, 4) is 11.5 Å². The number of carbonyl (C=O) groups excluding carboxylic acids is 1. The maximum absolute atomic E-state index is 12.3. The van der Waals surface area contributed by atoms with Crippen LogP contribution >= 0.6 is 11.8 Å². The molecule has 0 saturated carbocycles. The average Bonchev–Trinajstić information content (AvgIpc) is 2.72. The molecule has 1 heterocycles. The number of aliphatic hydroxyl groups is 1. The number of ether oxygens (including phenoxy) is 2. The molecule has 0 aliphatic carbocycles. The molecule has 1 aromatic rings. The maximum atomic E-state index is 12.3. The Morgan fingerprint density at radius 1 is 1.38 bits per heavy atom. The Morgan fingerprint density at radius 3 is 2.76 bits per heavy atom. The number of nitrogens with one attached hydrogen (secondary N) is 1. The van der Waals surface area contributed by atoms with Gasteiger partial charge in [-0.15, -0.1) is 0 Å². The van der Waals surface area contributed by atoms with Gasteiger partial charge in [-0.05, 0) is 31.4 Å². The second-order valence-electron chi connectivity index (χ2n) is 4.93. The van der Waals surface area contributed by atoms with Gasteiger partial charge in [0, 0.05) is 23.3 Å². The van der Waals surface area contributed by atoms with E-state index in [0.29, 0.717) is 30.3 Å². The highest BCUT2D eigenvalue weighted by atomic mass is 32.2. The number of rotatable bonds is 5. The van der Waals surface area contributed by atoms with Gasteiger partial charge in [-0.1, -0.05) is 0 Å². The number of hydrogen-bond donors (Lipinski definition) is 2. The van der Waals surface area contributed by atoms with Gasteiger partial charge in [0.15, 0.2) is 11.5 Å². The number of fused-ring (bicyclic) bond motifs is 1. The van der Waals surface area contributed by atoms with Crippen molar-refractivity contribution < 1.29 is 19.4 Å². The molecule has 2 rings (SSSR count). The van der Waals surface area contributed by atoms with E-state index in [0.717, 1.165) is 6.42 Å². The van der Waals surface area contributed by atoms with Gasteiger partial charge in [-0.2, -0.15) is 11.8 Å². The van der Waals surface area contributed by atoms with Crippen LogP contribution in [-0.4, -0.2) is 48.4 Å². The Bertz CT molecular complexity index is 491. The van der Waals surface area contributed by atoms with Crippen molar-refractivity contribution in [3.05, 3.63) is 23.8 Å². The Kier molecular flexibility index (Phi) is 5.76. The van der Waals surface area contributed by atoms with Gasteiger partial charge < -0.3 is 19.9 Å². The molecule has 2 unspecified atom stereocenters. The van der Waals surface area contributed by atoms with E-state index in [1.54, 1.807) is 18.2 Å². The lowest BCUT2D eigenvalue weighted by Crippen LogP contribution is -2.41. The molecule has 1 amide bonds. The highest BCUT2D eigenvalue weighted by Gasteiger charge is 2.19. The third kappa shape index (κ3) is 4.04. The summed E-state index contributed by atoms with van der Waals surface area (Å²) in [6.45, 7) is 3.14. The summed E-state index contributed by atoms with van der Waals surface area (Å²) in [5.41, 5.74) is 0.531. The zero-order chi connectivity index (χ0) is 15.2. The van der Waals surface area contributed by atoms with Crippen LogP contribution in [0, 0.1) is 0 Å². The third-order valence-corrected chi connectivity index (χ3v) is 4.57. The zero-order valence-electron chi connectivity index (χ0n) is 12.3. The maximum Gasteiger partial charge on any atom is 0.251 e. The lowest BCUT2D eigenvalue weighted by molar-refractivity contribution is 0.0935. The van der Waals surface area contributed by atoms with Crippen LogP contribution < -0.4 is 14.8 Å². The van der Waals surface area contributed by atoms with Crippen molar-refractivity contribution in [2.45, 2.75) is 24.6 Å². The van der Waals surface area contributed by atoms with E-state index in [-0.39, 0.29) is 23.8 Å². The molecule has 0 saturated heterocycles. The molecule has 0 aromatic heterocycles. The first-order chi connectivity index (χ1) is 10.2. The van der Waals surface area contributed by atoms with Gasteiger partial charge in [0.05, 0.1) is 19.8 Å². The summed E-state index contributed by atoms with van der Waals surface area (Å²) in [5, 5.41) is 12.1. The van der Waals surface area contributed by atoms with E-state index < -0.39 is 0 Å². The molecule has 1 aliphatic rings. The Morgan fingerprint density at radius 2 is 2.10 bits per heavy atom. The van der Waals surface area contributed by atoms with Crippen molar-refractivity contribution in [2.75, 3.05) is 26.1 Å². The van der Waals surface area contributed by atoms with Gasteiger partial charge in [0.25, 0.3) is 5.91 Å². The molecule has 0 fully saturated rings. The summed E-state index contributed by atoms with van der Waals surface area (Å²) in [4.78, 5) is 12.3. The van der Waals surface area contributed by atoms with Crippen molar-refractivity contribution in [1.82, 2.24) is 5.32 Å². The van der Waals surface area contributed by atoms with E-state index in [1.807, 2.05) is 13.2 Å². The largest absolute Gasteiger partial charge is 0.490 e. The van der Waals surface area contributed by atoms with Gasteiger partial charge in [-0.3, -0.25) is 4.79 Å². The molecule has 116 valence electrons. The molecule has 0 spiro atoms. The van der Waals surface area contributed by atoms with Crippen LogP contribution in [0.15, 0.2) is 18.2 Å². The Hall–Kier alpha value is -1.40. The van der Waals surface area contributed by atoms with Crippen LogP contribution in [0.3, 0.4) is 0 Å². The minimum atomic E-state index is -0.175. The second kappa shape index (κ2) is 7.56. The first-order valence-corrected chi connectivity index (χ1v) is 8.28. The third-order valence-electron chi connectivity index (χ3n) is 3.41. The van der Waals surface area contributed by atoms with Gasteiger partial charge in [0.1, 0.15) is 0 Å². The van der Waals surface area contributed by atoms with Crippen molar-refractivity contribution in [3.63, 3.8) is 0 Å². The minimum Gasteiger partial charge on any atom is -0.490 e. The van der Waals surface area contributed by atoms with Crippen LogP contribution in [-0.2, 0) is 0 Å². The number of thioether (sulfide) groups is 1. The normalized spacial score (nSPS) is 16.7. The standard InChI is InChI=1S/C15H21NO4S/c1-10(14(9-17)21-2)16-15(18)11-4-5-12-13(8-11)20-7-3-6-19-12/h4-5,8,10,14,17H,3,6-7,9H2,1-2H3,(H,16,18). The van der Waals surface area contributed by atoms with Crippen LogP contribution in [0.4, 0.5) is 0 Å². The fourth-order valence-corrected chi connectivity index (χ4v) is 2.75. The summed E-state index contributed by atoms with van der Waals surface area (Å²) < 4.78 is 11.1. The van der Waals surface area contributed by atoms with Gasteiger partial charge >= 0.3 is 0 Å². The van der Waals surface area contributed by atoms with Crippen molar-refractivity contribution in [1.29, 1.82) is 0 Å². The number of carbonyl (C=O) groups is 1. The summed E-state index contributed by atoms with van der Waals surface area (Å²) in [6.07, 6.45) is 2.75. The first kappa shape index (κ1) is 16.0. The number of aliphatic hydroxyl groups excluding tert-OH is 1. The zero-order valence-corrected chi connectivity index (χ0v) is 13.1. The molecule has 0 bridgehead atoms. The minimum absolute atomic E-state index is 0.0191. The predicted molar refractivity (Wildman–Crippen MR) is 83.4 cm³/mol. The molecule has 2 N–H and O–H groups in total. The smallest absolute Gasteiger partial charge is 0.251 e. The van der Waals surface area contributed by atoms with Crippen LogP contribution in [0.1, 0.15) is 23.7 Å². The van der Waals surface area contributed by atoms with Gasteiger partial charge in [0.2, 0.25) is 0 Å². The predicted octanol–water partition coefficient (Wildman–Crippen LogP) is 1.69. The quantitative estimate of drug-likeness (QED) is 0.866. The Balaban J connectivity index is 2.07. The van der Waals surface area contributed by atoms with Gasteiger partial charge in [-0.25, -0.2) is 0 Å². The summed E-state index contributed by atoms with van der Waals surface area (Å²) in [6, 6.07) is 5.07. The molecule has 21 heavy (non-hydrogen) atoms. The molecule has 1 aliphatic heterocycles. The summed E-state index contributed by atoms with van der Waals surface area (Å²) >= 11 is 1.53. The monoisotopic (exact) mass is 311 g/mol. The molecule has 0 radical (unpaired) electrons. The van der Waals surface area contributed by atoms with Crippen molar-refractivity contribution >= 4 is 17.7 Å². The topological polar surface area (TPSA) is 67.8 Å². The SMILES string of the molecule is CSC(CO)C(C)NC(=O)c1ccc2c(c1)OCCCO2. The van der Waals surface area contributed by atoms with E-state index in [9.17, 15) is 9.90 Å². The number of benzene rings is 1. The van der Waals surface area contributed by atoms with E-state index in [4.69, 9.17) is 9.47 Å². The molecular weight excluding hydrogens is 290 g/mol. The summed E-state index contributed by atoms with van der Waals surface area (Å²) in [7, 11) is 0. The highest BCUT2D eigenvalue weighted by molar-refractivity contribution is 7.99. The lowest BCUT2D eigenvalue weighted by Gasteiger charge is -2.21. The van der Waals surface area contributed by atoms with E-state index in [2.05, 4.69) is 5.32 Å². The molecule has 5 nitrogen and oxygen atoms in total. The first-order valence-electron chi connectivity index (χ1n) is 7.00. The fourth-order valence-electron chi connectivity index (χ4n) is 2.12. The second-order valence-corrected chi connectivity index (χ2v) is 6.01. The van der Waals surface area contributed by atoms with Crippen LogP contribution in [0.2, 0.25) is 0 Å².